The summed E-state index contributed by atoms with van der Waals surface area (Å²) in [6, 6.07) is 5.53. The number of piperazine rings is 1. The standard InChI is InChI=1S/C12H15ClN2O2/c1-17-11-3-2-10(13)6-9(11)7-15-5-4-14-12(16)8-15/h2-3,6H,4-5,7-8H2,1H3,(H,14,16). The van der Waals surface area contributed by atoms with Gasteiger partial charge in [0, 0.05) is 30.2 Å². The first kappa shape index (κ1) is 12.2. The molecule has 1 aromatic carbocycles. The molecule has 0 saturated carbocycles. The lowest BCUT2D eigenvalue weighted by Gasteiger charge is -2.27. The third-order valence-electron chi connectivity index (χ3n) is 2.75. The van der Waals surface area contributed by atoms with E-state index in [0.717, 1.165) is 17.9 Å². The minimum atomic E-state index is 0.0669. The molecule has 0 aliphatic carbocycles. The summed E-state index contributed by atoms with van der Waals surface area (Å²) in [6.45, 7) is 2.65. The van der Waals surface area contributed by atoms with Crippen molar-refractivity contribution < 1.29 is 9.53 Å². The topological polar surface area (TPSA) is 41.6 Å². The van der Waals surface area contributed by atoms with Crippen LogP contribution in [0.4, 0.5) is 0 Å². The summed E-state index contributed by atoms with van der Waals surface area (Å²) in [6.07, 6.45) is 0. The molecule has 17 heavy (non-hydrogen) atoms. The number of carbonyl (C=O) groups is 1. The third kappa shape index (κ3) is 3.11. The number of hydrogen-bond acceptors (Lipinski definition) is 3. The maximum atomic E-state index is 11.3. The van der Waals surface area contributed by atoms with Gasteiger partial charge in [0.15, 0.2) is 0 Å². The number of nitrogens with one attached hydrogen (secondary N) is 1. The minimum absolute atomic E-state index is 0.0669. The van der Waals surface area contributed by atoms with E-state index in [4.69, 9.17) is 16.3 Å². The highest BCUT2D eigenvalue weighted by molar-refractivity contribution is 6.30. The van der Waals surface area contributed by atoms with Crippen LogP contribution in [0.1, 0.15) is 5.56 Å². The Balaban J connectivity index is 2.11. The van der Waals surface area contributed by atoms with Crippen LogP contribution in [0.5, 0.6) is 5.75 Å². The van der Waals surface area contributed by atoms with Crippen molar-refractivity contribution in [2.24, 2.45) is 0 Å². The number of methoxy groups -OCH3 is 1. The first-order valence-corrected chi connectivity index (χ1v) is 5.88. The SMILES string of the molecule is COc1ccc(Cl)cc1CN1CCNC(=O)C1. The Labute approximate surface area is 106 Å². The molecule has 1 saturated heterocycles. The maximum absolute atomic E-state index is 11.3. The van der Waals surface area contributed by atoms with Gasteiger partial charge >= 0.3 is 0 Å². The van der Waals surface area contributed by atoms with Gasteiger partial charge in [0.1, 0.15) is 5.75 Å². The van der Waals surface area contributed by atoms with Gasteiger partial charge in [-0.1, -0.05) is 11.6 Å². The molecular formula is C12H15ClN2O2. The van der Waals surface area contributed by atoms with E-state index in [1.165, 1.54) is 0 Å². The van der Waals surface area contributed by atoms with Crippen molar-refractivity contribution in [3.05, 3.63) is 28.8 Å². The number of rotatable bonds is 3. The number of ether oxygens (including phenoxy) is 1. The fraction of sp³-hybridized carbons (Fsp3) is 0.417. The van der Waals surface area contributed by atoms with Crippen LogP contribution < -0.4 is 10.1 Å². The molecule has 0 atom stereocenters. The van der Waals surface area contributed by atoms with E-state index in [1.807, 2.05) is 12.1 Å². The highest BCUT2D eigenvalue weighted by Gasteiger charge is 2.17. The Morgan fingerprint density at radius 2 is 2.35 bits per heavy atom. The van der Waals surface area contributed by atoms with Gasteiger partial charge in [0.25, 0.3) is 0 Å². The highest BCUT2D eigenvalue weighted by atomic mass is 35.5. The van der Waals surface area contributed by atoms with Crippen molar-refractivity contribution in [1.82, 2.24) is 10.2 Å². The summed E-state index contributed by atoms with van der Waals surface area (Å²) < 4.78 is 5.28. The van der Waals surface area contributed by atoms with Crippen molar-refractivity contribution in [2.75, 3.05) is 26.7 Å². The van der Waals surface area contributed by atoms with E-state index in [1.54, 1.807) is 13.2 Å². The monoisotopic (exact) mass is 254 g/mol. The van der Waals surface area contributed by atoms with Gasteiger partial charge < -0.3 is 10.1 Å². The highest BCUT2D eigenvalue weighted by Crippen LogP contribution is 2.24. The zero-order valence-corrected chi connectivity index (χ0v) is 10.5. The molecule has 0 bridgehead atoms. The van der Waals surface area contributed by atoms with Crippen LogP contribution in [0.15, 0.2) is 18.2 Å². The van der Waals surface area contributed by atoms with Crippen molar-refractivity contribution in [1.29, 1.82) is 0 Å². The molecule has 1 N–H and O–H groups in total. The van der Waals surface area contributed by atoms with Crippen LogP contribution >= 0.6 is 11.6 Å². The molecule has 92 valence electrons. The molecule has 5 heteroatoms. The molecule has 1 aliphatic rings. The molecule has 2 rings (SSSR count). The number of amides is 1. The lowest BCUT2D eigenvalue weighted by atomic mass is 10.1. The van der Waals surface area contributed by atoms with Crippen molar-refractivity contribution in [3.63, 3.8) is 0 Å². The van der Waals surface area contributed by atoms with Crippen molar-refractivity contribution in [3.8, 4) is 5.75 Å². The fourth-order valence-corrected chi connectivity index (χ4v) is 2.13. The lowest BCUT2D eigenvalue weighted by molar-refractivity contribution is -0.124. The Bertz CT molecular complexity index is 423. The summed E-state index contributed by atoms with van der Waals surface area (Å²) in [5, 5.41) is 3.48. The van der Waals surface area contributed by atoms with Crippen LogP contribution in [0, 0.1) is 0 Å². The molecule has 4 nitrogen and oxygen atoms in total. The van der Waals surface area contributed by atoms with Crippen LogP contribution in [0.3, 0.4) is 0 Å². The van der Waals surface area contributed by atoms with Crippen LogP contribution in [0.25, 0.3) is 0 Å². The Hall–Kier alpha value is -1.26. The number of nitrogens with zero attached hydrogens (tertiary/aromatic N) is 1. The first-order chi connectivity index (χ1) is 8.19. The van der Waals surface area contributed by atoms with E-state index in [0.29, 0.717) is 24.7 Å². The van der Waals surface area contributed by atoms with Crippen molar-refractivity contribution >= 4 is 17.5 Å². The zero-order chi connectivity index (χ0) is 12.3. The number of hydrogen-bond donors (Lipinski definition) is 1. The van der Waals surface area contributed by atoms with Crippen molar-refractivity contribution in [2.45, 2.75) is 6.54 Å². The average Bonchev–Trinajstić information content (AvgIpc) is 2.29. The second-order valence-electron chi connectivity index (χ2n) is 4.02. The van der Waals surface area contributed by atoms with Crippen LogP contribution in [-0.4, -0.2) is 37.6 Å². The summed E-state index contributed by atoms with van der Waals surface area (Å²) in [4.78, 5) is 13.4. The molecule has 0 unspecified atom stereocenters. The Kier molecular flexibility index (Phi) is 3.86. The van der Waals surface area contributed by atoms with Gasteiger partial charge in [0.2, 0.25) is 5.91 Å². The Morgan fingerprint density at radius 3 is 3.06 bits per heavy atom. The fourth-order valence-electron chi connectivity index (χ4n) is 1.94. The van der Waals surface area contributed by atoms with Crippen LogP contribution in [-0.2, 0) is 11.3 Å². The van der Waals surface area contributed by atoms with Gasteiger partial charge in [-0.2, -0.15) is 0 Å². The average molecular weight is 255 g/mol. The smallest absolute Gasteiger partial charge is 0.234 e. The second-order valence-corrected chi connectivity index (χ2v) is 4.45. The molecule has 0 aromatic heterocycles. The normalized spacial score (nSPS) is 16.7. The van der Waals surface area contributed by atoms with Crippen LogP contribution in [0.2, 0.25) is 5.02 Å². The van der Waals surface area contributed by atoms with Gasteiger partial charge in [0.05, 0.1) is 13.7 Å². The summed E-state index contributed by atoms with van der Waals surface area (Å²) in [5.74, 6) is 0.873. The summed E-state index contributed by atoms with van der Waals surface area (Å²) >= 11 is 5.97. The predicted molar refractivity (Wildman–Crippen MR) is 66.3 cm³/mol. The lowest BCUT2D eigenvalue weighted by Crippen LogP contribution is -2.47. The number of benzene rings is 1. The molecule has 0 radical (unpaired) electrons. The molecule has 1 amide bonds. The number of carbonyl (C=O) groups excluding carboxylic acids is 1. The molecule has 0 spiro atoms. The largest absolute Gasteiger partial charge is 0.496 e. The van der Waals surface area contributed by atoms with E-state index >= 15 is 0 Å². The van der Waals surface area contributed by atoms with E-state index < -0.39 is 0 Å². The second kappa shape index (κ2) is 5.38. The molecular weight excluding hydrogens is 240 g/mol. The quantitative estimate of drug-likeness (QED) is 0.884. The van der Waals surface area contributed by atoms with E-state index in [2.05, 4.69) is 10.2 Å². The molecule has 1 heterocycles. The van der Waals surface area contributed by atoms with Gasteiger partial charge in [-0.25, -0.2) is 0 Å². The summed E-state index contributed by atoms with van der Waals surface area (Å²) in [7, 11) is 1.63. The predicted octanol–water partition coefficient (Wildman–Crippen LogP) is 1.28. The maximum Gasteiger partial charge on any atom is 0.234 e. The first-order valence-electron chi connectivity index (χ1n) is 5.50. The van der Waals surface area contributed by atoms with Gasteiger partial charge in [-0.3, -0.25) is 9.69 Å². The third-order valence-corrected chi connectivity index (χ3v) is 2.99. The van der Waals surface area contributed by atoms with E-state index in [-0.39, 0.29) is 5.91 Å². The molecule has 1 aromatic rings. The van der Waals surface area contributed by atoms with Gasteiger partial charge in [-0.05, 0) is 18.2 Å². The van der Waals surface area contributed by atoms with E-state index in [9.17, 15) is 4.79 Å². The minimum Gasteiger partial charge on any atom is -0.496 e. The Morgan fingerprint density at radius 1 is 1.53 bits per heavy atom. The number of halogens is 1. The zero-order valence-electron chi connectivity index (χ0n) is 9.70. The van der Waals surface area contributed by atoms with Gasteiger partial charge in [-0.15, -0.1) is 0 Å². The summed E-state index contributed by atoms with van der Waals surface area (Å²) in [5.41, 5.74) is 1.01. The molecule has 1 aliphatic heterocycles. The molecule has 1 fully saturated rings.